The first-order chi connectivity index (χ1) is 7.26. The maximum absolute atomic E-state index is 12.9. The molecule has 1 aromatic rings. The van der Waals surface area contributed by atoms with Crippen molar-refractivity contribution >= 4 is 5.69 Å². The second-order valence-corrected chi connectivity index (χ2v) is 2.95. The van der Waals surface area contributed by atoms with Gasteiger partial charge in [0.25, 0.3) is 0 Å². The molecule has 0 saturated heterocycles. The fourth-order valence-corrected chi connectivity index (χ4v) is 1.06. The van der Waals surface area contributed by atoms with E-state index in [1.165, 1.54) is 6.08 Å². The lowest BCUT2D eigenvalue weighted by Crippen LogP contribution is -2.01. The zero-order valence-electron chi connectivity index (χ0n) is 8.66. The number of nitrogens with two attached hydrogens (primary N) is 1. The summed E-state index contributed by atoms with van der Waals surface area (Å²) in [5.41, 5.74) is 6.14. The van der Waals surface area contributed by atoms with Crippen molar-refractivity contribution in [2.24, 2.45) is 5.73 Å². The minimum Gasteiger partial charge on any atom is -0.487 e. The molecule has 0 bridgehead atoms. The van der Waals surface area contributed by atoms with Gasteiger partial charge in [-0.3, -0.25) is 0 Å². The zero-order chi connectivity index (χ0) is 11.1. The molecule has 0 heterocycles. The molecule has 3 N–H and O–H groups in total. The molecule has 0 aliphatic rings. The molecule has 0 radical (unpaired) electrons. The molecule has 0 amide bonds. The van der Waals surface area contributed by atoms with Gasteiger partial charge in [-0.05, 0) is 30.3 Å². The molecule has 4 heteroatoms. The molecular formula is C11H15FN2O. The Labute approximate surface area is 88.7 Å². The summed E-state index contributed by atoms with van der Waals surface area (Å²) in [6, 6.07) is 7.28. The highest BCUT2D eigenvalue weighted by Crippen LogP contribution is 2.15. The molecule has 0 aromatic heterocycles. The molecule has 0 spiro atoms. The molecule has 0 atom stereocenters. The van der Waals surface area contributed by atoms with Gasteiger partial charge in [-0.25, -0.2) is 4.39 Å². The Balaban J connectivity index is 2.47. The molecule has 1 rings (SSSR count). The van der Waals surface area contributed by atoms with Gasteiger partial charge in [0.05, 0.1) is 0 Å². The molecule has 0 aliphatic carbocycles. The number of anilines is 1. The molecule has 0 saturated carbocycles. The van der Waals surface area contributed by atoms with E-state index in [4.69, 9.17) is 10.5 Å². The van der Waals surface area contributed by atoms with Crippen LogP contribution < -0.4 is 15.8 Å². The molecule has 15 heavy (non-hydrogen) atoms. The number of ether oxygens (including phenoxy) is 1. The van der Waals surface area contributed by atoms with Gasteiger partial charge in [0.1, 0.15) is 18.2 Å². The number of hydrogen-bond acceptors (Lipinski definition) is 3. The second kappa shape index (κ2) is 6.03. The van der Waals surface area contributed by atoms with Crippen molar-refractivity contribution in [3.63, 3.8) is 0 Å². The minimum atomic E-state index is -0.352. The Hall–Kier alpha value is -1.55. The molecule has 3 nitrogen and oxygen atoms in total. The van der Waals surface area contributed by atoms with Gasteiger partial charge in [0.2, 0.25) is 0 Å². The van der Waals surface area contributed by atoms with Crippen LogP contribution in [0.2, 0.25) is 0 Å². The van der Waals surface area contributed by atoms with Crippen LogP contribution >= 0.6 is 0 Å². The molecule has 0 unspecified atom stereocenters. The molecule has 82 valence electrons. The van der Waals surface area contributed by atoms with Crippen LogP contribution in [0.25, 0.3) is 0 Å². The minimum absolute atomic E-state index is 0.0733. The normalized spacial score (nSPS) is 11.3. The first-order valence-electron chi connectivity index (χ1n) is 4.71. The van der Waals surface area contributed by atoms with E-state index in [9.17, 15) is 4.39 Å². The van der Waals surface area contributed by atoms with Crippen LogP contribution in [0.3, 0.4) is 0 Å². The van der Waals surface area contributed by atoms with Crippen LogP contribution in [0.15, 0.2) is 36.2 Å². The quantitative estimate of drug-likeness (QED) is 0.780. The monoisotopic (exact) mass is 210 g/mol. The molecular weight excluding hydrogens is 195 g/mol. The average Bonchev–Trinajstić information content (AvgIpc) is 2.27. The van der Waals surface area contributed by atoms with Crippen molar-refractivity contribution in [3.05, 3.63) is 36.2 Å². The maximum Gasteiger partial charge on any atom is 0.139 e. The van der Waals surface area contributed by atoms with Crippen LogP contribution in [-0.4, -0.2) is 20.2 Å². The number of rotatable bonds is 5. The van der Waals surface area contributed by atoms with Crippen molar-refractivity contribution in [3.8, 4) is 5.75 Å². The van der Waals surface area contributed by atoms with Gasteiger partial charge in [0, 0.05) is 19.3 Å². The smallest absolute Gasteiger partial charge is 0.139 e. The van der Waals surface area contributed by atoms with Crippen molar-refractivity contribution in [1.82, 2.24) is 0 Å². The van der Waals surface area contributed by atoms with E-state index in [-0.39, 0.29) is 19.0 Å². The topological polar surface area (TPSA) is 47.3 Å². The molecule has 1 aromatic carbocycles. The number of halogens is 1. The lowest BCUT2D eigenvalue weighted by Gasteiger charge is -2.05. The van der Waals surface area contributed by atoms with Crippen LogP contribution in [-0.2, 0) is 0 Å². The Kier molecular flexibility index (Phi) is 4.63. The van der Waals surface area contributed by atoms with E-state index in [1.54, 1.807) is 12.1 Å². The molecule has 0 fully saturated rings. The predicted molar refractivity (Wildman–Crippen MR) is 59.7 cm³/mol. The Morgan fingerprint density at radius 2 is 2.13 bits per heavy atom. The highest BCUT2D eigenvalue weighted by atomic mass is 19.1. The summed E-state index contributed by atoms with van der Waals surface area (Å²) in [4.78, 5) is 0. The first kappa shape index (κ1) is 11.5. The highest BCUT2D eigenvalue weighted by molar-refractivity contribution is 5.45. The van der Waals surface area contributed by atoms with Crippen LogP contribution in [0.5, 0.6) is 5.75 Å². The van der Waals surface area contributed by atoms with Crippen molar-refractivity contribution < 1.29 is 9.13 Å². The summed E-state index contributed by atoms with van der Waals surface area (Å²) >= 11 is 0. The summed E-state index contributed by atoms with van der Waals surface area (Å²) in [5, 5.41) is 2.98. The standard InChI is InChI=1S/C11H15FN2O/c1-14-10-2-4-11(5-3-10)15-8-9(12)6-7-13/h2-6,14H,7-8,13H2,1H3/b9-6+. The highest BCUT2D eigenvalue weighted by Gasteiger charge is 1.97. The molecule has 0 aliphatic heterocycles. The van der Waals surface area contributed by atoms with Crippen LogP contribution in [0.1, 0.15) is 0 Å². The van der Waals surface area contributed by atoms with Crippen molar-refractivity contribution in [2.45, 2.75) is 0 Å². The summed E-state index contributed by atoms with van der Waals surface area (Å²) in [6.07, 6.45) is 1.29. The Morgan fingerprint density at radius 3 is 2.67 bits per heavy atom. The van der Waals surface area contributed by atoms with Crippen LogP contribution in [0, 0.1) is 0 Å². The SMILES string of the molecule is CNc1ccc(OC/C(F)=C\CN)cc1. The van der Waals surface area contributed by atoms with E-state index in [0.29, 0.717) is 5.75 Å². The third-order valence-corrected chi connectivity index (χ3v) is 1.86. The average molecular weight is 210 g/mol. The maximum atomic E-state index is 12.9. The summed E-state index contributed by atoms with van der Waals surface area (Å²) in [6.45, 7) is 0.115. The number of nitrogens with one attached hydrogen (secondary N) is 1. The Morgan fingerprint density at radius 1 is 1.47 bits per heavy atom. The van der Waals surface area contributed by atoms with Gasteiger partial charge in [-0.1, -0.05) is 0 Å². The summed E-state index contributed by atoms with van der Waals surface area (Å²) < 4.78 is 18.1. The fourth-order valence-electron chi connectivity index (χ4n) is 1.06. The van der Waals surface area contributed by atoms with Crippen LogP contribution in [0.4, 0.5) is 10.1 Å². The summed E-state index contributed by atoms with van der Waals surface area (Å²) in [7, 11) is 1.83. The first-order valence-corrected chi connectivity index (χ1v) is 4.71. The van der Waals surface area contributed by atoms with Crippen molar-refractivity contribution in [2.75, 3.05) is 25.5 Å². The lowest BCUT2D eigenvalue weighted by molar-refractivity contribution is 0.318. The number of benzene rings is 1. The van der Waals surface area contributed by atoms with Gasteiger partial charge < -0.3 is 15.8 Å². The summed E-state index contributed by atoms with van der Waals surface area (Å²) in [5.74, 6) is 0.282. The van der Waals surface area contributed by atoms with E-state index < -0.39 is 0 Å². The lowest BCUT2D eigenvalue weighted by atomic mass is 10.3. The predicted octanol–water partition coefficient (Wildman–Crippen LogP) is 1.92. The van der Waals surface area contributed by atoms with Gasteiger partial charge in [-0.2, -0.15) is 0 Å². The largest absolute Gasteiger partial charge is 0.487 e. The van der Waals surface area contributed by atoms with Gasteiger partial charge in [-0.15, -0.1) is 0 Å². The van der Waals surface area contributed by atoms with E-state index in [1.807, 2.05) is 19.2 Å². The third-order valence-electron chi connectivity index (χ3n) is 1.86. The van der Waals surface area contributed by atoms with E-state index in [2.05, 4.69) is 5.32 Å². The fraction of sp³-hybridized carbons (Fsp3) is 0.273. The third kappa shape index (κ3) is 3.99. The number of hydrogen-bond donors (Lipinski definition) is 2. The van der Waals surface area contributed by atoms with Gasteiger partial charge in [0.15, 0.2) is 0 Å². The second-order valence-electron chi connectivity index (χ2n) is 2.95. The Bertz CT molecular complexity index is 322. The van der Waals surface area contributed by atoms with E-state index in [0.717, 1.165) is 5.69 Å². The van der Waals surface area contributed by atoms with Gasteiger partial charge >= 0.3 is 0 Å². The van der Waals surface area contributed by atoms with Crippen molar-refractivity contribution in [1.29, 1.82) is 0 Å². The zero-order valence-corrected chi connectivity index (χ0v) is 8.66. The van der Waals surface area contributed by atoms with E-state index >= 15 is 0 Å².